The predicted molar refractivity (Wildman–Crippen MR) is 60.8 cm³/mol. The Morgan fingerprint density at radius 3 is 2.64 bits per heavy atom. The van der Waals surface area contributed by atoms with Crippen molar-refractivity contribution in [3.05, 3.63) is 27.7 Å². The molecule has 2 nitrogen and oxygen atoms in total. The molecule has 1 heterocycles. The number of fused-ring (bicyclic) bond motifs is 1. The zero-order chi connectivity index (χ0) is 9.42. The third-order valence-electron chi connectivity index (χ3n) is 2.14. The van der Waals surface area contributed by atoms with E-state index in [0.29, 0.717) is 16.7 Å². The van der Waals surface area contributed by atoms with E-state index in [9.17, 15) is 0 Å². The maximum atomic E-state index is 5.88. The number of benzene rings is 1. The van der Waals surface area contributed by atoms with Gasteiger partial charge < -0.3 is 10.5 Å². The second-order valence-corrected chi connectivity index (χ2v) is 3.86. The van der Waals surface area contributed by atoms with Gasteiger partial charge in [-0.05, 0) is 6.07 Å². The van der Waals surface area contributed by atoms with E-state index in [-0.39, 0.29) is 18.4 Å². The average molecular weight is 255 g/mol. The molecule has 14 heavy (non-hydrogen) atoms. The molecular weight excluding hydrogens is 244 g/mol. The lowest BCUT2D eigenvalue weighted by Crippen LogP contribution is -2.20. The van der Waals surface area contributed by atoms with Crippen molar-refractivity contribution in [3.8, 4) is 5.75 Å². The highest BCUT2D eigenvalue weighted by atomic mass is 35.5. The molecule has 1 aromatic carbocycles. The molecule has 0 fully saturated rings. The number of ether oxygens (including phenoxy) is 1. The van der Waals surface area contributed by atoms with Gasteiger partial charge in [0.05, 0.1) is 16.7 Å². The lowest BCUT2D eigenvalue weighted by molar-refractivity contribution is 0.269. The number of rotatable bonds is 0. The Labute approximate surface area is 98.7 Å². The topological polar surface area (TPSA) is 35.2 Å². The fourth-order valence-electron chi connectivity index (χ4n) is 1.41. The highest BCUT2D eigenvalue weighted by molar-refractivity contribution is 6.42. The molecule has 1 unspecified atom stereocenters. The molecule has 1 aliphatic heterocycles. The van der Waals surface area contributed by atoms with Crippen LogP contribution in [0.5, 0.6) is 5.75 Å². The molecule has 0 spiro atoms. The Bertz CT molecular complexity index is 343. The molecule has 1 atom stereocenters. The van der Waals surface area contributed by atoms with Crippen molar-refractivity contribution in [3.63, 3.8) is 0 Å². The highest BCUT2D eigenvalue weighted by Crippen LogP contribution is 2.36. The van der Waals surface area contributed by atoms with Gasteiger partial charge in [-0.15, -0.1) is 12.4 Å². The summed E-state index contributed by atoms with van der Waals surface area (Å²) in [5.74, 6) is 0.758. The Balaban J connectivity index is 0.000000980. The van der Waals surface area contributed by atoms with Gasteiger partial charge >= 0.3 is 0 Å². The molecule has 1 aliphatic rings. The monoisotopic (exact) mass is 253 g/mol. The van der Waals surface area contributed by atoms with Gasteiger partial charge in [0.2, 0.25) is 0 Å². The van der Waals surface area contributed by atoms with Crippen molar-refractivity contribution in [1.82, 2.24) is 0 Å². The summed E-state index contributed by atoms with van der Waals surface area (Å²) in [6.07, 6.45) is 0.824. The Morgan fingerprint density at radius 2 is 1.93 bits per heavy atom. The van der Waals surface area contributed by atoms with Crippen molar-refractivity contribution < 1.29 is 4.74 Å². The van der Waals surface area contributed by atoms with Crippen LogP contribution >= 0.6 is 35.6 Å². The van der Waals surface area contributed by atoms with Crippen molar-refractivity contribution in [2.45, 2.75) is 12.5 Å². The fourth-order valence-corrected chi connectivity index (χ4v) is 1.74. The van der Waals surface area contributed by atoms with E-state index in [1.807, 2.05) is 0 Å². The standard InChI is InChI=1S/C9H9Cl2NO.ClH/c10-6-3-5-8(12)1-2-13-9(5)4-7(6)11;/h3-4,8H,1-2,12H2;1H. The second kappa shape index (κ2) is 4.58. The molecule has 5 heteroatoms. The van der Waals surface area contributed by atoms with E-state index in [1.54, 1.807) is 12.1 Å². The Morgan fingerprint density at radius 1 is 1.29 bits per heavy atom. The van der Waals surface area contributed by atoms with Gasteiger partial charge in [-0.3, -0.25) is 0 Å². The zero-order valence-electron chi connectivity index (χ0n) is 7.30. The molecule has 1 aromatic rings. The Hall–Kier alpha value is -0.150. The van der Waals surface area contributed by atoms with Crippen LogP contribution in [0, 0.1) is 0 Å². The van der Waals surface area contributed by atoms with Gasteiger partial charge in [-0.1, -0.05) is 23.2 Å². The van der Waals surface area contributed by atoms with Gasteiger partial charge in [0, 0.05) is 24.1 Å². The van der Waals surface area contributed by atoms with Crippen LogP contribution in [-0.4, -0.2) is 6.61 Å². The Kier molecular flexibility index (Phi) is 3.90. The molecule has 78 valence electrons. The van der Waals surface area contributed by atoms with Gasteiger partial charge in [-0.25, -0.2) is 0 Å². The minimum absolute atomic E-state index is 0. The molecular formula is C9H10Cl3NO. The molecule has 0 bridgehead atoms. The van der Waals surface area contributed by atoms with Crippen LogP contribution in [0.4, 0.5) is 0 Å². The maximum Gasteiger partial charge on any atom is 0.125 e. The summed E-state index contributed by atoms with van der Waals surface area (Å²) in [5.41, 5.74) is 6.83. The third-order valence-corrected chi connectivity index (χ3v) is 2.86. The number of halogens is 3. The quantitative estimate of drug-likeness (QED) is 0.772. The average Bonchev–Trinajstić information content (AvgIpc) is 2.09. The van der Waals surface area contributed by atoms with Crippen molar-refractivity contribution in [1.29, 1.82) is 0 Å². The fraction of sp³-hybridized carbons (Fsp3) is 0.333. The van der Waals surface area contributed by atoms with E-state index in [2.05, 4.69) is 0 Å². The summed E-state index contributed by atoms with van der Waals surface area (Å²) in [6.45, 7) is 0.645. The van der Waals surface area contributed by atoms with Crippen molar-refractivity contribution in [2.75, 3.05) is 6.61 Å². The van der Waals surface area contributed by atoms with Gasteiger partial charge in [-0.2, -0.15) is 0 Å². The lowest BCUT2D eigenvalue weighted by atomic mass is 10.0. The molecule has 0 saturated carbocycles. The number of hydrogen-bond acceptors (Lipinski definition) is 2. The second-order valence-electron chi connectivity index (χ2n) is 3.05. The van der Waals surface area contributed by atoms with Crippen LogP contribution in [0.2, 0.25) is 10.0 Å². The van der Waals surface area contributed by atoms with E-state index < -0.39 is 0 Å². The molecule has 0 amide bonds. The number of hydrogen-bond donors (Lipinski definition) is 1. The first-order valence-electron chi connectivity index (χ1n) is 4.06. The third kappa shape index (κ3) is 2.09. The molecule has 0 radical (unpaired) electrons. The lowest BCUT2D eigenvalue weighted by Gasteiger charge is -2.23. The van der Waals surface area contributed by atoms with E-state index >= 15 is 0 Å². The van der Waals surface area contributed by atoms with Gasteiger partial charge in [0.25, 0.3) is 0 Å². The minimum Gasteiger partial charge on any atom is -0.493 e. The summed E-state index contributed by atoms with van der Waals surface area (Å²) in [5, 5.41) is 1.04. The summed E-state index contributed by atoms with van der Waals surface area (Å²) < 4.78 is 5.41. The van der Waals surface area contributed by atoms with Crippen LogP contribution in [0.15, 0.2) is 12.1 Å². The van der Waals surface area contributed by atoms with Crippen LogP contribution < -0.4 is 10.5 Å². The van der Waals surface area contributed by atoms with E-state index in [4.69, 9.17) is 33.7 Å². The van der Waals surface area contributed by atoms with Crippen molar-refractivity contribution in [2.24, 2.45) is 5.73 Å². The largest absolute Gasteiger partial charge is 0.493 e. The summed E-state index contributed by atoms with van der Waals surface area (Å²) in [4.78, 5) is 0. The first kappa shape index (κ1) is 11.9. The number of nitrogens with two attached hydrogens (primary N) is 1. The van der Waals surface area contributed by atoms with Crippen molar-refractivity contribution >= 4 is 35.6 Å². The summed E-state index contributed by atoms with van der Waals surface area (Å²) >= 11 is 11.7. The smallest absolute Gasteiger partial charge is 0.125 e. The first-order valence-corrected chi connectivity index (χ1v) is 4.81. The van der Waals surface area contributed by atoms with Crippen LogP contribution in [0.3, 0.4) is 0 Å². The molecule has 2 rings (SSSR count). The zero-order valence-corrected chi connectivity index (χ0v) is 9.62. The highest BCUT2D eigenvalue weighted by Gasteiger charge is 2.19. The van der Waals surface area contributed by atoms with Crippen LogP contribution in [0.25, 0.3) is 0 Å². The van der Waals surface area contributed by atoms with Gasteiger partial charge in [0.1, 0.15) is 5.75 Å². The summed E-state index contributed by atoms with van der Waals surface area (Å²) in [7, 11) is 0. The minimum atomic E-state index is 0. The van der Waals surface area contributed by atoms with Crippen LogP contribution in [-0.2, 0) is 0 Å². The molecule has 2 N–H and O–H groups in total. The first-order chi connectivity index (χ1) is 6.18. The maximum absolute atomic E-state index is 5.88. The van der Waals surface area contributed by atoms with Gasteiger partial charge in [0.15, 0.2) is 0 Å². The molecule has 0 aliphatic carbocycles. The van der Waals surface area contributed by atoms with Crippen LogP contribution in [0.1, 0.15) is 18.0 Å². The normalized spacial score (nSPS) is 19.2. The SMILES string of the molecule is Cl.NC1CCOc2cc(Cl)c(Cl)cc21. The van der Waals surface area contributed by atoms with E-state index in [1.165, 1.54) is 0 Å². The summed E-state index contributed by atoms with van der Waals surface area (Å²) in [6, 6.07) is 3.51. The van der Waals surface area contributed by atoms with E-state index in [0.717, 1.165) is 17.7 Å². The predicted octanol–water partition coefficient (Wildman–Crippen LogP) is 3.20. The molecule has 0 aromatic heterocycles. The molecule has 0 saturated heterocycles.